The average Bonchev–Trinajstić information content (AvgIpc) is 2.48. The fourth-order valence-corrected chi connectivity index (χ4v) is 2.40. The molecule has 0 radical (unpaired) electrons. The van der Waals surface area contributed by atoms with E-state index in [2.05, 4.69) is 21.2 Å². The summed E-state index contributed by atoms with van der Waals surface area (Å²) in [4.78, 5) is 11.9. The number of carbonyl (C=O) groups is 1. The number of halogens is 2. The molecule has 0 unspecified atom stereocenters. The molecule has 2 aromatic rings. The Labute approximate surface area is 136 Å². The topological polar surface area (TPSA) is 64.3 Å². The number of anilines is 1. The SMILES string of the molecule is NCc1cccc(Cl)c1OCC(=O)Nc1ccccc1Br. The predicted molar refractivity (Wildman–Crippen MR) is 87.6 cm³/mol. The molecule has 0 saturated heterocycles. The maximum absolute atomic E-state index is 11.9. The van der Waals surface area contributed by atoms with E-state index >= 15 is 0 Å². The van der Waals surface area contributed by atoms with Crippen LogP contribution in [0.25, 0.3) is 0 Å². The lowest BCUT2D eigenvalue weighted by Crippen LogP contribution is -2.21. The third kappa shape index (κ3) is 4.20. The van der Waals surface area contributed by atoms with Crippen LogP contribution in [0.1, 0.15) is 5.56 Å². The highest BCUT2D eigenvalue weighted by molar-refractivity contribution is 9.10. The van der Waals surface area contributed by atoms with Crippen LogP contribution in [0.3, 0.4) is 0 Å². The first-order valence-corrected chi connectivity index (χ1v) is 7.43. The molecular formula is C15H14BrClN2O2. The molecule has 0 aromatic heterocycles. The molecular weight excluding hydrogens is 356 g/mol. The summed E-state index contributed by atoms with van der Waals surface area (Å²) in [6.45, 7) is 0.153. The van der Waals surface area contributed by atoms with Gasteiger partial charge in [0.15, 0.2) is 6.61 Å². The number of rotatable bonds is 5. The van der Waals surface area contributed by atoms with E-state index in [1.165, 1.54) is 0 Å². The fraction of sp³-hybridized carbons (Fsp3) is 0.133. The Kier molecular flexibility index (Phi) is 5.61. The van der Waals surface area contributed by atoms with Crippen LogP contribution in [0.5, 0.6) is 5.75 Å². The van der Waals surface area contributed by atoms with Crippen LogP contribution in [0.4, 0.5) is 5.69 Å². The van der Waals surface area contributed by atoms with Crippen molar-refractivity contribution in [1.82, 2.24) is 0 Å². The van der Waals surface area contributed by atoms with Crippen molar-refractivity contribution in [3.05, 3.63) is 57.5 Å². The van der Waals surface area contributed by atoms with Crippen LogP contribution in [0, 0.1) is 0 Å². The van der Waals surface area contributed by atoms with Gasteiger partial charge in [0.2, 0.25) is 0 Å². The molecule has 110 valence electrons. The first-order chi connectivity index (χ1) is 10.1. The fourth-order valence-electron chi connectivity index (χ4n) is 1.76. The van der Waals surface area contributed by atoms with Gasteiger partial charge in [0.25, 0.3) is 5.91 Å². The van der Waals surface area contributed by atoms with Crippen LogP contribution in [0.15, 0.2) is 46.9 Å². The third-order valence-electron chi connectivity index (χ3n) is 2.76. The summed E-state index contributed by atoms with van der Waals surface area (Å²) in [5, 5.41) is 3.19. The van der Waals surface area contributed by atoms with E-state index in [9.17, 15) is 4.79 Å². The lowest BCUT2D eigenvalue weighted by Gasteiger charge is -2.12. The number of amides is 1. The minimum atomic E-state index is -0.273. The smallest absolute Gasteiger partial charge is 0.262 e. The van der Waals surface area contributed by atoms with Crippen molar-refractivity contribution in [3.63, 3.8) is 0 Å². The standard InChI is InChI=1S/C15H14BrClN2O2/c16-11-5-1-2-7-13(11)19-14(20)9-21-15-10(8-18)4-3-6-12(15)17/h1-7H,8-9,18H2,(H,19,20). The lowest BCUT2D eigenvalue weighted by atomic mass is 10.2. The van der Waals surface area contributed by atoms with Crippen LogP contribution in [0.2, 0.25) is 5.02 Å². The second-order valence-corrected chi connectivity index (χ2v) is 5.51. The maximum atomic E-state index is 11.9. The molecule has 3 N–H and O–H groups in total. The Hall–Kier alpha value is -1.56. The molecule has 0 saturated carbocycles. The zero-order chi connectivity index (χ0) is 15.2. The Morgan fingerprint density at radius 3 is 2.71 bits per heavy atom. The Morgan fingerprint density at radius 2 is 2.00 bits per heavy atom. The van der Waals surface area contributed by atoms with Crippen molar-refractivity contribution in [2.75, 3.05) is 11.9 Å². The van der Waals surface area contributed by atoms with E-state index in [0.29, 0.717) is 23.0 Å². The molecule has 2 rings (SSSR count). The van der Waals surface area contributed by atoms with Gasteiger partial charge in [0, 0.05) is 16.6 Å². The summed E-state index contributed by atoms with van der Waals surface area (Å²) in [5.41, 5.74) is 7.07. The maximum Gasteiger partial charge on any atom is 0.262 e. The molecule has 1 amide bonds. The molecule has 2 aromatic carbocycles. The van der Waals surface area contributed by atoms with Crippen LogP contribution < -0.4 is 15.8 Å². The van der Waals surface area contributed by atoms with E-state index in [-0.39, 0.29) is 12.5 Å². The van der Waals surface area contributed by atoms with Gasteiger partial charge in [-0.25, -0.2) is 0 Å². The normalized spacial score (nSPS) is 10.2. The predicted octanol–water partition coefficient (Wildman–Crippen LogP) is 3.58. The summed E-state index contributed by atoms with van der Waals surface area (Å²) >= 11 is 9.42. The van der Waals surface area contributed by atoms with Gasteiger partial charge in [-0.15, -0.1) is 0 Å². The molecule has 0 aliphatic rings. The van der Waals surface area contributed by atoms with Gasteiger partial charge < -0.3 is 15.8 Å². The number of nitrogens with one attached hydrogen (secondary N) is 1. The first-order valence-electron chi connectivity index (χ1n) is 6.26. The van der Waals surface area contributed by atoms with E-state index in [1.54, 1.807) is 18.2 Å². The molecule has 0 atom stereocenters. The average molecular weight is 370 g/mol. The van der Waals surface area contributed by atoms with Gasteiger partial charge in [0.05, 0.1) is 10.7 Å². The molecule has 0 fully saturated rings. The van der Waals surface area contributed by atoms with Crippen molar-refractivity contribution in [1.29, 1.82) is 0 Å². The van der Waals surface area contributed by atoms with Crippen LogP contribution >= 0.6 is 27.5 Å². The van der Waals surface area contributed by atoms with Gasteiger partial charge in [-0.1, -0.05) is 35.9 Å². The van der Waals surface area contributed by atoms with E-state index in [0.717, 1.165) is 10.0 Å². The van der Waals surface area contributed by atoms with Crippen molar-refractivity contribution >= 4 is 39.1 Å². The van der Waals surface area contributed by atoms with Crippen LogP contribution in [-0.4, -0.2) is 12.5 Å². The van der Waals surface area contributed by atoms with Gasteiger partial charge in [-0.2, -0.15) is 0 Å². The highest BCUT2D eigenvalue weighted by Gasteiger charge is 2.10. The number of carbonyl (C=O) groups excluding carboxylic acids is 1. The second kappa shape index (κ2) is 7.45. The summed E-state index contributed by atoms with van der Waals surface area (Å²) in [6, 6.07) is 12.6. The molecule has 0 bridgehead atoms. The Balaban J connectivity index is 2.01. The number of hydrogen-bond donors (Lipinski definition) is 2. The number of para-hydroxylation sites is 2. The van der Waals surface area contributed by atoms with Gasteiger partial charge in [-0.05, 0) is 34.1 Å². The molecule has 0 aliphatic heterocycles. The summed E-state index contributed by atoms with van der Waals surface area (Å²) < 4.78 is 6.30. The zero-order valence-corrected chi connectivity index (χ0v) is 13.4. The minimum Gasteiger partial charge on any atom is -0.482 e. The van der Waals surface area contributed by atoms with Crippen molar-refractivity contribution in [2.45, 2.75) is 6.54 Å². The number of hydrogen-bond acceptors (Lipinski definition) is 3. The minimum absolute atomic E-state index is 0.141. The molecule has 21 heavy (non-hydrogen) atoms. The van der Waals surface area contributed by atoms with E-state index in [1.807, 2.05) is 24.3 Å². The summed E-state index contributed by atoms with van der Waals surface area (Å²) in [5.74, 6) is 0.175. The van der Waals surface area contributed by atoms with E-state index in [4.69, 9.17) is 22.1 Å². The molecule has 0 spiro atoms. The Morgan fingerprint density at radius 1 is 1.24 bits per heavy atom. The highest BCUT2D eigenvalue weighted by atomic mass is 79.9. The quantitative estimate of drug-likeness (QED) is 0.846. The largest absolute Gasteiger partial charge is 0.482 e. The highest BCUT2D eigenvalue weighted by Crippen LogP contribution is 2.28. The molecule has 6 heteroatoms. The third-order valence-corrected chi connectivity index (χ3v) is 3.75. The number of nitrogens with two attached hydrogens (primary N) is 1. The van der Waals surface area contributed by atoms with Crippen molar-refractivity contribution in [2.24, 2.45) is 5.73 Å². The molecule has 0 heterocycles. The van der Waals surface area contributed by atoms with Gasteiger partial charge in [-0.3, -0.25) is 4.79 Å². The molecule has 0 aliphatic carbocycles. The first kappa shape index (κ1) is 15.8. The zero-order valence-electron chi connectivity index (χ0n) is 11.1. The van der Waals surface area contributed by atoms with Gasteiger partial charge in [0.1, 0.15) is 5.75 Å². The van der Waals surface area contributed by atoms with Gasteiger partial charge >= 0.3 is 0 Å². The molecule has 4 nitrogen and oxygen atoms in total. The van der Waals surface area contributed by atoms with Crippen LogP contribution in [-0.2, 0) is 11.3 Å². The Bertz CT molecular complexity index is 649. The summed E-state index contributed by atoms with van der Waals surface area (Å²) in [6.07, 6.45) is 0. The monoisotopic (exact) mass is 368 g/mol. The number of ether oxygens (including phenoxy) is 1. The number of benzene rings is 2. The summed E-state index contributed by atoms with van der Waals surface area (Å²) in [7, 11) is 0. The second-order valence-electron chi connectivity index (χ2n) is 4.25. The van der Waals surface area contributed by atoms with E-state index < -0.39 is 0 Å². The lowest BCUT2D eigenvalue weighted by molar-refractivity contribution is -0.118. The van der Waals surface area contributed by atoms with Crippen molar-refractivity contribution in [3.8, 4) is 5.75 Å². The van der Waals surface area contributed by atoms with Crippen molar-refractivity contribution < 1.29 is 9.53 Å².